The highest BCUT2D eigenvalue weighted by Crippen LogP contribution is 2.29. The molecule has 14 heavy (non-hydrogen) atoms. The van der Waals surface area contributed by atoms with Gasteiger partial charge in [-0.1, -0.05) is 0 Å². The van der Waals surface area contributed by atoms with Crippen LogP contribution in [0.5, 0.6) is 0 Å². The molecule has 0 bridgehead atoms. The molecule has 2 N–H and O–H groups in total. The molecule has 2 aromatic rings. The first-order valence-corrected chi connectivity index (χ1v) is 4.88. The maximum Gasteiger partial charge on any atom is 0.319 e. The number of rotatable bonds is 1. The van der Waals surface area contributed by atoms with Gasteiger partial charge in [0, 0.05) is 12.4 Å². The van der Waals surface area contributed by atoms with Crippen LogP contribution in [0.25, 0.3) is 11.0 Å². The number of hydrogen-bond donors (Lipinski definition) is 1. The van der Waals surface area contributed by atoms with Crippen LogP contribution in [0.1, 0.15) is 6.55 Å². The number of nitrogens with zero attached hydrogens (tertiary/aromatic N) is 2. The van der Waals surface area contributed by atoms with Crippen LogP contribution in [0, 0.1) is 3.57 Å². The molecule has 0 fully saturated rings. The zero-order valence-corrected chi connectivity index (χ0v) is 9.07. The molecule has 0 amide bonds. The molecule has 0 saturated heterocycles. The number of pyridine rings is 1. The maximum absolute atomic E-state index is 12.6. The van der Waals surface area contributed by atoms with E-state index in [-0.39, 0.29) is 0 Å². The Balaban J connectivity index is 2.86. The second-order valence-electron chi connectivity index (χ2n) is 2.76. The monoisotopic (exact) mass is 309 g/mol. The summed E-state index contributed by atoms with van der Waals surface area (Å²) in [4.78, 5) is 4.00. The average molecular weight is 309 g/mol. The third-order valence-electron chi connectivity index (χ3n) is 1.90. The Morgan fingerprint density at radius 1 is 1.50 bits per heavy atom. The van der Waals surface area contributed by atoms with Gasteiger partial charge in [-0.2, -0.15) is 8.78 Å². The molecule has 0 atom stereocenters. The minimum atomic E-state index is -2.59. The van der Waals surface area contributed by atoms with Crippen LogP contribution in [-0.2, 0) is 0 Å². The SMILES string of the molecule is Nc1ccnc2c(I)cn(C(F)F)c12. The molecule has 0 aliphatic carbocycles. The van der Waals surface area contributed by atoms with Gasteiger partial charge in [-0.25, -0.2) is 0 Å². The van der Waals surface area contributed by atoms with Gasteiger partial charge in [0.05, 0.1) is 14.8 Å². The highest BCUT2D eigenvalue weighted by molar-refractivity contribution is 14.1. The van der Waals surface area contributed by atoms with Crippen molar-refractivity contribution in [3.8, 4) is 0 Å². The first kappa shape index (κ1) is 9.63. The molecule has 2 aromatic heterocycles. The number of alkyl halides is 2. The Labute approximate surface area is 92.0 Å². The molecule has 0 radical (unpaired) electrons. The molecule has 0 aliphatic heterocycles. The minimum Gasteiger partial charge on any atom is -0.397 e. The van der Waals surface area contributed by atoms with E-state index in [2.05, 4.69) is 4.98 Å². The fourth-order valence-electron chi connectivity index (χ4n) is 1.32. The van der Waals surface area contributed by atoms with E-state index in [1.165, 1.54) is 18.5 Å². The van der Waals surface area contributed by atoms with E-state index in [9.17, 15) is 8.78 Å². The van der Waals surface area contributed by atoms with Crippen molar-refractivity contribution in [1.29, 1.82) is 0 Å². The van der Waals surface area contributed by atoms with Crippen molar-refractivity contribution in [2.24, 2.45) is 0 Å². The number of hydrogen-bond acceptors (Lipinski definition) is 2. The first-order chi connectivity index (χ1) is 6.61. The lowest BCUT2D eigenvalue weighted by molar-refractivity contribution is 0.0752. The molecule has 0 aromatic carbocycles. The van der Waals surface area contributed by atoms with Crippen LogP contribution in [0.15, 0.2) is 18.5 Å². The van der Waals surface area contributed by atoms with Gasteiger partial charge in [0.25, 0.3) is 0 Å². The lowest BCUT2D eigenvalue weighted by Crippen LogP contribution is -1.98. The fourth-order valence-corrected chi connectivity index (χ4v) is 2.01. The number of nitrogen functional groups attached to an aromatic ring is 1. The molecular weight excluding hydrogens is 303 g/mol. The molecule has 3 nitrogen and oxygen atoms in total. The highest BCUT2D eigenvalue weighted by atomic mass is 127. The van der Waals surface area contributed by atoms with Gasteiger partial charge in [-0.3, -0.25) is 9.55 Å². The maximum atomic E-state index is 12.6. The van der Waals surface area contributed by atoms with Gasteiger partial charge in [0.2, 0.25) is 0 Å². The largest absolute Gasteiger partial charge is 0.397 e. The number of halogens is 3. The van der Waals surface area contributed by atoms with Crippen molar-refractivity contribution < 1.29 is 8.78 Å². The Hall–Kier alpha value is -0.920. The van der Waals surface area contributed by atoms with Crippen molar-refractivity contribution in [2.45, 2.75) is 6.55 Å². The molecule has 2 heterocycles. The summed E-state index contributed by atoms with van der Waals surface area (Å²) in [6.07, 6.45) is 2.86. The van der Waals surface area contributed by atoms with Crippen molar-refractivity contribution in [1.82, 2.24) is 9.55 Å². The predicted octanol–water partition coefficient (Wildman–Crippen LogP) is 2.62. The average Bonchev–Trinajstić information content (AvgIpc) is 2.46. The Morgan fingerprint density at radius 2 is 2.21 bits per heavy atom. The Bertz CT molecular complexity index is 481. The normalized spacial score (nSPS) is 11.4. The van der Waals surface area contributed by atoms with Gasteiger partial charge in [-0.05, 0) is 28.7 Å². The summed E-state index contributed by atoms with van der Waals surface area (Å²) in [5.41, 5.74) is 6.75. The summed E-state index contributed by atoms with van der Waals surface area (Å²) in [6.45, 7) is -2.59. The molecule has 0 unspecified atom stereocenters. The molecule has 74 valence electrons. The molecule has 0 aliphatic rings. The van der Waals surface area contributed by atoms with Crippen molar-refractivity contribution in [3.63, 3.8) is 0 Å². The first-order valence-electron chi connectivity index (χ1n) is 3.80. The minimum absolute atomic E-state index is 0.298. The summed E-state index contributed by atoms with van der Waals surface area (Å²) in [6, 6.07) is 1.51. The summed E-state index contributed by atoms with van der Waals surface area (Å²) in [7, 11) is 0. The molecule has 0 saturated carbocycles. The number of fused-ring (bicyclic) bond motifs is 1. The quantitative estimate of drug-likeness (QED) is 0.823. The summed E-state index contributed by atoms with van der Waals surface area (Å²) >= 11 is 1.96. The predicted molar refractivity (Wildman–Crippen MR) is 58.1 cm³/mol. The Morgan fingerprint density at radius 3 is 2.86 bits per heavy atom. The number of anilines is 1. The Kier molecular flexibility index (Phi) is 2.30. The highest BCUT2D eigenvalue weighted by Gasteiger charge is 2.15. The standard InChI is InChI=1S/C8H6F2IN3/c9-8(10)14-3-4(11)6-7(14)5(12)1-2-13-6/h1-3,8H,(H2,12,13). The molecule has 2 rings (SSSR count). The van der Waals surface area contributed by atoms with Crippen LogP contribution >= 0.6 is 22.6 Å². The zero-order chi connectivity index (χ0) is 10.3. The van der Waals surface area contributed by atoms with E-state index in [0.29, 0.717) is 20.3 Å². The van der Waals surface area contributed by atoms with Crippen molar-refractivity contribution in [3.05, 3.63) is 22.0 Å². The third kappa shape index (κ3) is 1.33. The second kappa shape index (κ2) is 3.34. The summed E-state index contributed by atoms with van der Waals surface area (Å²) in [5, 5.41) is 0. The van der Waals surface area contributed by atoms with Crippen molar-refractivity contribution >= 4 is 39.3 Å². The molecule has 6 heteroatoms. The van der Waals surface area contributed by atoms with Gasteiger partial charge in [0.15, 0.2) is 0 Å². The lowest BCUT2D eigenvalue weighted by atomic mass is 10.3. The smallest absolute Gasteiger partial charge is 0.319 e. The molecule has 0 spiro atoms. The van der Waals surface area contributed by atoms with Gasteiger partial charge in [-0.15, -0.1) is 0 Å². The van der Waals surface area contributed by atoms with Crippen LogP contribution in [-0.4, -0.2) is 9.55 Å². The zero-order valence-electron chi connectivity index (χ0n) is 6.92. The van der Waals surface area contributed by atoms with E-state index in [4.69, 9.17) is 5.73 Å². The third-order valence-corrected chi connectivity index (χ3v) is 2.69. The number of aromatic nitrogens is 2. The lowest BCUT2D eigenvalue weighted by Gasteiger charge is -2.04. The van der Waals surface area contributed by atoms with E-state index in [1.54, 1.807) is 0 Å². The van der Waals surface area contributed by atoms with Gasteiger partial charge in [0.1, 0.15) is 5.52 Å². The second-order valence-corrected chi connectivity index (χ2v) is 3.92. The summed E-state index contributed by atoms with van der Waals surface area (Å²) < 4.78 is 26.6. The van der Waals surface area contributed by atoms with Crippen LogP contribution in [0.4, 0.5) is 14.5 Å². The van der Waals surface area contributed by atoms with E-state index >= 15 is 0 Å². The topological polar surface area (TPSA) is 43.8 Å². The van der Waals surface area contributed by atoms with Crippen LogP contribution in [0.3, 0.4) is 0 Å². The van der Waals surface area contributed by atoms with Crippen molar-refractivity contribution in [2.75, 3.05) is 5.73 Å². The van der Waals surface area contributed by atoms with E-state index in [1.807, 2.05) is 22.6 Å². The van der Waals surface area contributed by atoms with Gasteiger partial charge >= 0.3 is 6.55 Å². The van der Waals surface area contributed by atoms with E-state index in [0.717, 1.165) is 4.57 Å². The van der Waals surface area contributed by atoms with E-state index < -0.39 is 6.55 Å². The fraction of sp³-hybridized carbons (Fsp3) is 0.125. The number of nitrogens with two attached hydrogens (primary N) is 1. The van der Waals surface area contributed by atoms with Gasteiger partial charge < -0.3 is 5.73 Å². The summed E-state index contributed by atoms with van der Waals surface area (Å²) in [5.74, 6) is 0. The van der Waals surface area contributed by atoms with Crippen LogP contribution < -0.4 is 5.73 Å². The van der Waals surface area contributed by atoms with Crippen LogP contribution in [0.2, 0.25) is 0 Å². The molecular formula is C8H6F2IN3.